The molecule has 2 aliphatic heterocycles. The zero-order valence-corrected chi connectivity index (χ0v) is 21.0. The Labute approximate surface area is 214 Å². The van der Waals surface area contributed by atoms with Crippen LogP contribution in [0.3, 0.4) is 0 Å². The predicted molar refractivity (Wildman–Crippen MR) is 137 cm³/mol. The second kappa shape index (κ2) is 10.1. The van der Waals surface area contributed by atoms with Gasteiger partial charge in [0.05, 0.1) is 22.1 Å². The lowest BCUT2D eigenvalue weighted by Gasteiger charge is -2.32. The molecular formula is C26H26Cl2FN5O. The van der Waals surface area contributed by atoms with Crippen LogP contribution in [-0.2, 0) is 13.0 Å². The summed E-state index contributed by atoms with van der Waals surface area (Å²) in [7, 11) is 2.07. The monoisotopic (exact) mass is 513 g/mol. The molecule has 6 nitrogen and oxygen atoms in total. The van der Waals surface area contributed by atoms with E-state index in [4.69, 9.17) is 23.2 Å². The number of anilines is 1. The van der Waals surface area contributed by atoms with Crippen LogP contribution in [0.4, 0.5) is 10.1 Å². The molecule has 3 aromatic rings. The number of amides is 1. The van der Waals surface area contributed by atoms with Crippen LogP contribution in [0.5, 0.6) is 0 Å². The standard InChI is InChI=1S/C26H26Cl2FN5O/c1-32-11-13-33(14-12-32)26(35)18-6-4-17(5-7-18)23-15-24-22(30-31-23)3-2-10-34(24)16-19-20(27)8-9-21(29)25(19)28/h4-9,15H,2-3,10-14,16H2,1H3. The number of likely N-dealkylation sites (N-methyl/N-ethyl adjacent to an activating group) is 1. The topological polar surface area (TPSA) is 52.6 Å². The van der Waals surface area contributed by atoms with Crippen molar-refractivity contribution < 1.29 is 9.18 Å². The van der Waals surface area contributed by atoms with Crippen molar-refractivity contribution in [2.24, 2.45) is 0 Å². The number of aryl methyl sites for hydroxylation is 1. The molecule has 0 spiro atoms. The summed E-state index contributed by atoms with van der Waals surface area (Å²) in [5, 5.41) is 9.40. The van der Waals surface area contributed by atoms with Crippen molar-refractivity contribution in [2.75, 3.05) is 44.7 Å². The molecule has 1 aromatic heterocycles. The molecule has 2 aliphatic rings. The summed E-state index contributed by atoms with van der Waals surface area (Å²) in [6.45, 7) is 4.41. The second-order valence-electron chi connectivity index (χ2n) is 9.08. The number of piperazine rings is 1. The van der Waals surface area contributed by atoms with E-state index in [1.807, 2.05) is 35.2 Å². The van der Waals surface area contributed by atoms with Gasteiger partial charge in [-0.3, -0.25) is 4.79 Å². The van der Waals surface area contributed by atoms with E-state index >= 15 is 0 Å². The van der Waals surface area contributed by atoms with Crippen molar-refractivity contribution in [1.29, 1.82) is 0 Å². The van der Waals surface area contributed by atoms with E-state index in [1.165, 1.54) is 12.1 Å². The first-order valence-electron chi connectivity index (χ1n) is 11.7. The number of carbonyl (C=O) groups is 1. The summed E-state index contributed by atoms with van der Waals surface area (Å²) in [5.74, 6) is -0.431. The van der Waals surface area contributed by atoms with Gasteiger partial charge in [0.25, 0.3) is 5.91 Å². The van der Waals surface area contributed by atoms with E-state index in [-0.39, 0.29) is 10.9 Å². The molecule has 0 atom stereocenters. The summed E-state index contributed by atoms with van der Waals surface area (Å²) in [6, 6.07) is 12.3. The van der Waals surface area contributed by atoms with Gasteiger partial charge in [-0.05, 0) is 50.2 Å². The minimum Gasteiger partial charge on any atom is -0.365 e. The SMILES string of the molecule is CN1CCN(C(=O)c2ccc(-c3cc4c(nn3)CCCN4Cc3c(Cl)ccc(F)c3Cl)cc2)CC1. The first kappa shape index (κ1) is 24.0. The van der Waals surface area contributed by atoms with Crippen LogP contribution in [0.1, 0.15) is 28.0 Å². The second-order valence-corrected chi connectivity index (χ2v) is 9.87. The zero-order valence-electron chi connectivity index (χ0n) is 19.5. The van der Waals surface area contributed by atoms with Crippen molar-refractivity contribution in [3.05, 3.63) is 75.1 Å². The van der Waals surface area contributed by atoms with Crippen LogP contribution in [0.2, 0.25) is 10.0 Å². The maximum Gasteiger partial charge on any atom is 0.253 e. The molecule has 0 unspecified atom stereocenters. The van der Waals surface area contributed by atoms with E-state index in [2.05, 4.69) is 27.0 Å². The average molecular weight is 514 g/mol. The number of halogens is 3. The highest BCUT2D eigenvalue weighted by Gasteiger charge is 2.23. The molecule has 0 saturated carbocycles. The highest BCUT2D eigenvalue weighted by Crippen LogP contribution is 2.34. The molecule has 2 aromatic carbocycles. The molecule has 1 saturated heterocycles. The fourth-order valence-electron chi connectivity index (χ4n) is 4.60. The fourth-order valence-corrected chi connectivity index (χ4v) is 5.09. The van der Waals surface area contributed by atoms with Crippen LogP contribution < -0.4 is 4.90 Å². The van der Waals surface area contributed by atoms with Crippen LogP contribution in [-0.4, -0.2) is 65.7 Å². The molecule has 1 amide bonds. The maximum atomic E-state index is 14.1. The summed E-state index contributed by atoms with van der Waals surface area (Å²) >= 11 is 12.6. The number of nitrogens with zero attached hydrogens (tertiary/aromatic N) is 5. The zero-order chi connectivity index (χ0) is 24.5. The number of aromatic nitrogens is 2. The molecule has 9 heteroatoms. The molecule has 35 heavy (non-hydrogen) atoms. The van der Waals surface area contributed by atoms with E-state index in [0.29, 0.717) is 28.4 Å². The third kappa shape index (κ3) is 4.99. The van der Waals surface area contributed by atoms with Gasteiger partial charge in [-0.15, -0.1) is 0 Å². The van der Waals surface area contributed by atoms with Crippen molar-refractivity contribution in [2.45, 2.75) is 19.4 Å². The Kier molecular flexibility index (Phi) is 6.91. The van der Waals surface area contributed by atoms with E-state index in [1.54, 1.807) is 0 Å². The smallest absolute Gasteiger partial charge is 0.253 e. The quantitative estimate of drug-likeness (QED) is 0.463. The van der Waals surface area contributed by atoms with Gasteiger partial charge in [0.1, 0.15) is 5.82 Å². The number of fused-ring (bicyclic) bond motifs is 1. The Morgan fingerprint density at radius 2 is 1.74 bits per heavy atom. The molecule has 182 valence electrons. The summed E-state index contributed by atoms with van der Waals surface area (Å²) in [4.78, 5) is 19.1. The summed E-state index contributed by atoms with van der Waals surface area (Å²) in [6.07, 6.45) is 1.73. The molecule has 0 bridgehead atoms. The van der Waals surface area contributed by atoms with Gasteiger partial charge in [-0.1, -0.05) is 35.3 Å². The maximum absolute atomic E-state index is 14.1. The fraction of sp³-hybridized carbons (Fsp3) is 0.346. The van der Waals surface area contributed by atoms with Crippen molar-refractivity contribution in [3.63, 3.8) is 0 Å². The van der Waals surface area contributed by atoms with Crippen LogP contribution in [0.15, 0.2) is 42.5 Å². The lowest BCUT2D eigenvalue weighted by molar-refractivity contribution is 0.0664. The highest BCUT2D eigenvalue weighted by molar-refractivity contribution is 6.36. The van der Waals surface area contributed by atoms with E-state index in [9.17, 15) is 9.18 Å². The van der Waals surface area contributed by atoms with Crippen LogP contribution >= 0.6 is 23.2 Å². The van der Waals surface area contributed by atoms with Crippen LogP contribution in [0.25, 0.3) is 11.3 Å². The molecule has 3 heterocycles. The third-order valence-corrected chi connectivity index (χ3v) is 7.50. The van der Waals surface area contributed by atoms with Gasteiger partial charge >= 0.3 is 0 Å². The van der Waals surface area contributed by atoms with Gasteiger partial charge in [-0.2, -0.15) is 10.2 Å². The van der Waals surface area contributed by atoms with Gasteiger partial charge in [0.15, 0.2) is 0 Å². The minimum atomic E-state index is -0.483. The third-order valence-electron chi connectivity index (χ3n) is 6.74. The Balaban J connectivity index is 1.38. The Morgan fingerprint density at radius 3 is 2.49 bits per heavy atom. The minimum absolute atomic E-state index is 0.0486. The number of carbonyl (C=O) groups excluding carboxylic acids is 1. The Bertz CT molecular complexity index is 1250. The average Bonchev–Trinajstić information content (AvgIpc) is 2.89. The molecule has 0 aliphatic carbocycles. The van der Waals surface area contributed by atoms with Gasteiger partial charge < -0.3 is 14.7 Å². The first-order chi connectivity index (χ1) is 16.9. The van der Waals surface area contributed by atoms with Crippen LogP contribution in [0, 0.1) is 5.82 Å². The lowest BCUT2D eigenvalue weighted by atomic mass is 10.0. The predicted octanol–water partition coefficient (Wildman–Crippen LogP) is 4.93. The van der Waals surface area contributed by atoms with Gasteiger partial charge in [0.2, 0.25) is 0 Å². The molecule has 0 radical (unpaired) electrons. The molecule has 0 N–H and O–H groups in total. The summed E-state index contributed by atoms with van der Waals surface area (Å²) < 4.78 is 14.1. The number of benzene rings is 2. The number of rotatable bonds is 4. The lowest BCUT2D eigenvalue weighted by Crippen LogP contribution is -2.47. The molecule has 1 fully saturated rings. The largest absolute Gasteiger partial charge is 0.365 e. The van der Waals surface area contributed by atoms with Crippen molar-refractivity contribution in [1.82, 2.24) is 20.0 Å². The number of hydrogen-bond acceptors (Lipinski definition) is 5. The Morgan fingerprint density at radius 1 is 1.00 bits per heavy atom. The first-order valence-corrected chi connectivity index (χ1v) is 12.5. The van der Waals surface area contributed by atoms with Gasteiger partial charge in [0, 0.05) is 61.0 Å². The molecule has 5 rings (SSSR count). The van der Waals surface area contributed by atoms with E-state index < -0.39 is 5.82 Å². The number of hydrogen-bond donors (Lipinski definition) is 0. The highest BCUT2D eigenvalue weighted by atomic mass is 35.5. The van der Waals surface area contributed by atoms with Gasteiger partial charge in [-0.25, -0.2) is 4.39 Å². The summed E-state index contributed by atoms with van der Waals surface area (Å²) in [5.41, 5.74) is 4.65. The molecular weight excluding hydrogens is 488 g/mol. The van der Waals surface area contributed by atoms with Crippen molar-refractivity contribution in [3.8, 4) is 11.3 Å². The normalized spacial score (nSPS) is 16.3. The van der Waals surface area contributed by atoms with E-state index in [0.717, 1.165) is 62.5 Å². The van der Waals surface area contributed by atoms with Crippen molar-refractivity contribution >= 4 is 34.8 Å². The Hall–Kier alpha value is -2.74.